The van der Waals surface area contributed by atoms with Gasteiger partial charge in [0, 0.05) is 0 Å². The van der Waals surface area contributed by atoms with E-state index in [0.29, 0.717) is 0 Å². The summed E-state index contributed by atoms with van der Waals surface area (Å²) in [6.07, 6.45) is -1.58. The smallest absolute Gasteiger partial charge is 0.347 e. The lowest BCUT2D eigenvalue weighted by atomic mass is 10.4. The van der Waals surface area contributed by atoms with Crippen molar-refractivity contribution < 1.29 is 32.7 Å². The normalized spacial score (nSPS) is 12.8. The predicted octanol–water partition coefficient (Wildman–Crippen LogP) is 1.75. The van der Waals surface area contributed by atoms with Gasteiger partial charge in [-0.15, -0.1) is 0 Å². The van der Waals surface area contributed by atoms with Crippen LogP contribution in [0.4, 0.5) is 0 Å². The lowest BCUT2D eigenvalue weighted by Gasteiger charge is -2.17. The van der Waals surface area contributed by atoms with Crippen LogP contribution >= 0.6 is 7.60 Å². The van der Waals surface area contributed by atoms with Crippen LogP contribution in [0.5, 0.6) is 0 Å². The van der Waals surface area contributed by atoms with Gasteiger partial charge in [0.25, 0.3) is 0 Å². The average molecular weight is 296 g/mol. The molecule has 0 aromatic heterocycles. The fourth-order valence-electron chi connectivity index (χ4n) is 1.22. The maximum absolute atomic E-state index is 12.0. The number of rotatable bonds is 9. The minimum atomic E-state index is -3.50. The zero-order valence-electron chi connectivity index (χ0n) is 11.7. The summed E-state index contributed by atoms with van der Waals surface area (Å²) in [5.41, 5.74) is 0. The Morgan fingerprint density at radius 2 is 1.58 bits per heavy atom. The predicted molar refractivity (Wildman–Crippen MR) is 67.9 cm³/mol. The second-order valence-corrected chi connectivity index (χ2v) is 5.54. The lowest BCUT2D eigenvalue weighted by molar-refractivity contribution is -0.164. The molecule has 0 aliphatic rings. The molecule has 7 nitrogen and oxygen atoms in total. The Bertz CT molecular complexity index is 332. The van der Waals surface area contributed by atoms with Gasteiger partial charge in [0.15, 0.2) is 6.10 Å². The van der Waals surface area contributed by atoms with Crippen molar-refractivity contribution in [1.29, 1.82) is 0 Å². The van der Waals surface area contributed by atoms with Crippen molar-refractivity contribution in [2.24, 2.45) is 0 Å². The molecule has 19 heavy (non-hydrogen) atoms. The number of ether oxygens (including phenoxy) is 2. The Hall–Kier alpha value is -0.910. The van der Waals surface area contributed by atoms with Gasteiger partial charge in [-0.3, -0.25) is 9.36 Å². The van der Waals surface area contributed by atoms with Crippen molar-refractivity contribution in [2.45, 2.75) is 33.8 Å². The molecule has 0 N–H and O–H groups in total. The Morgan fingerprint density at radius 1 is 1.05 bits per heavy atom. The van der Waals surface area contributed by atoms with E-state index in [1.54, 1.807) is 20.8 Å². The first-order valence-electron chi connectivity index (χ1n) is 6.12. The van der Waals surface area contributed by atoms with Crippen LogP contribution in [0.1, 0.15) is 27.7 Å². The van der Waals surface area contributed by atoms with Gasteiger partial charge in [0.2, 0.25) is 0 Å². The van der Waals surface area contributed by atoms with Crippen molar-refractivity contribution in [3.8, 4) is 0 Å². The topological polar surface area (TPSA) is 88.1 Å². The highest BCUT2D eigenvalue weighted by Gasteiger charge is 2.30. The van der Waals surface area contributed by atoms with Gasteiger partial charge in [0.05, 0.1) is 19.8 Å². The van der Waals surface area contributed by atoms with E-state index in [9.17, 15) is 14.2 Å². The highest BCUT2D eigenvalue weighted by atomic mass is 31.2. The molecule has 0 aromatic rings. The van der Waals surface area contributed by atoms with Crippen molar-refractivity contribution in [3.63, 3.8) is 0 Å². The molecule has 0 fully saturated rings. The van der Waals surface area contributed by atoms with Gasteiger partial charge in [-0.25, -0.2) is 4.79 Å². The Morgan fingerprint density at radius 3 is 2.00 bits per heavy atom. The van der Waals surface area contributed by atoms with E-state index in [1.807, 2.05) is 0 Å². The van der Waals surface area contributed by atoms with Gasteiger partial charge < -0.3 is 18.5 Å². The summed E-state index contributed by atoms with van der Waals surface area (Å²) in [5.74, 6) is -1.48. The third-order valence-electron chi connectivity index (χ3n) is 1.90. The molecule has 112 valence electrons. The van der Waals surface area contributed by atoms with E-state index in [0.717, 1.165) is 0 Å². The fourth-order valence-corrected chi connectivity index (χ4v) is 2.66. The molecule has 0 bridgehead atoms. The summed E-state index contributed by atoms with van der Waals surface area (Å²) in [7, 11) is -3.50. The molecule has 0 rings (SSSR count). The van der Waals surface area contributed by atoms with E-state index in [4.69, 9.17) is 13.8 Å². The average Bonchev–Trinajstić information content (AvgIpc) is 2.28. The van der Waals surface area contributed by atoms with Gasteiger partial charge in [-0.05, 0) is 27.7 Å². The second kappa shape index (κ2) is 9.07. The van der Waals surface area contributed by atoms with E-state index < -0.39 is 31.8 Å². The van der Waals surface area contributed by atoms with E-state index in [1.165, 1.54) is 6.92 Å². The zero-order chi connectivity index (χ0) is 14.9. The van der Waals surface area contributed by atoms with Gasteiger partial charge in [0.1, 0.15) is 6.16 Å². The molecule has 0 aliphatic heterocycles. The SMILES string of the molecule is CCOC(=O)C(C)OC(=O)CP(=O)(OCC)OCC. The van der Waals surface area contributed by atoms with Crippen molar-refractivity contribution >= 4 is 19.5 Å². The maximum atomic E-state index is 12.0. The molecule has 0 spiro atoms. The molecule has 0 aliphatic carbocycles. The molecule has 0 heterocycles. The monoisotopic (exact) mass is 296 g/mol. The Balaban J connectivity index is 4.42. The fraction of sp³-hybridized carbons (Fsp3) is 0.818. The highest BCUT2D eigenvalue weighted by molar-refractivity contribution is 7.54. The third kappa shape index (κ3) is 7.30. The Kier molecular flexibility index (Phi) is 8.63. The summed E-state index contributed by atoms with van der Waals surface area (Å²) < 4.78 is 31.4. The summed E-state index contributed by atoms with van der Waals surface area (Å²) in [4.78, 5) is 22.8. The molecule has 0 saturated heterocycles. The minimum Gasteiger partial charge on any atom is -0.463 e. The molecule has 0 radical (unpaired) electrons. The van der Waals surface area contributed by atoms with Crippen LogP contribution in [0.2, 0.25) is 0 Å². The first kappa shape index (κ1) is 18.1. The number of hydrogen-bond donors (Lipinski definition) is 0. The standard InChI is InChI=1S/C11H21O7P/c1-5-15-11(13)9(4)18-10(12)8-19(14,16-6-2)17-7-3/h9H,5-8H2,1-4H3. The highest BCUT2D eigenvalue weighted by Crippen LogP contribution is 2.47. The first-order valence-corrected chi connectivity index (χ1v) is 7.85. The summed E-state index contributed by atoms with van der Waals surface area (Å²) in [6.45, 7) is 6.79. The zero-order valence-corrected chi connectivity index (χ0v) is 12.6. The van der Waals surface area contributed by atoms with Crippen LogP contribution in [0.15, 0.2) is 0 Å². The van der Waals surface area contributed by atoms with Crippen molar-refractivity contribution in [2.75, 3.05) is 26.0 Å². The number of esters is 2. The van der Waals surface area contributed by atoms with Crippen LogP contribution in [0, 0.1) is 0 Å². The number of carbonyl (C=O) groups excluding carboxylic acids is 2. The largest absolute Gasteiger partial charge is 0.463 e. The number of hydrogen-bond acceptors (Lipinski definition) is 7. The minimum absolute atomic E-state index is 0.151. The van der Waals surface area contributed by atoms with E-state index in [-0.39, 0.29) is 19.8 Å². The summed E-state index contributed by atoms with van der Waals surface area (Å²) in [6, 6.07) is 0. The summed E-state index contributed by atoms with van der Waals surface area (Å²) in [5, 5.41) is 0. The Labute approximate surface area is 113 Å². The molecule has 0 aromatic carbocycles. The number of carbonyl (C=O) groups is 2. The maximum Gasteiger partial charge on any atom is 0.347 e. The molecule has 1 atom stereocenters. The molecule has 0 saturated carbocycles. The molecule has 0 amide bonds. The van der Waals surface area contributed by atoms with Crippen molar-refractivity contribution in [1.82, 2.24) is 0 Å². The first-order chi connectivity index (χ1) is 8.88. The van der Waals surface area contributed by atoms with Gasteiger partial charge in [-0.1, -0.05) is 0 Å². The van der Waals surface area contributed by atoms with E-state index in [2.05, 4.69) is 4.74 Å². The molecule has 1 unspecified atom stereocenters. The molecular weight excluding hydrogens is 275 g/mol. The van der Waals surface area contributed by atoms with E-state index >= 15 is 0 Å². The van der Waals surface area contributed by atoms with Crippen LogP contribution in [0.3, 0.4) is 0 Å². The van der Waals surface area contributed by atoms with Crippen LogP contribution < -0.4 is 0 Å². The second-order valence-electron chi connectivity index (χ2n) is 3.49. The third-order valence-corrected chi connectivity index (χ3v) is 3.85. The molecule has 8 heteroatoms. The van der Waals surface area contributed by atoms with Gasteiger partial charge in [-0.2, -0.15) is 0 Å². The summed E-state index contributed by atoms with van der Waals surface area (Å²) >= 11 is 0. The van der Waals surface area contributed by atoms with Crippen LogP contribution in [0.25, 0.3) is 0 Å². The van der Waals surface area contributed by atoms with Crippen molar-refractivity contribution in [3.05, 3.63) is 0 Å². The quantitative estimate of drug-likeness (QED) is 0.473. The van der Waals surface area contributed by atoms with Gasteiger partial charge >= 0.3 is 19.5 Å². The van der Waals surface area contributed by atoms with Crippen LogP contribution in [-0.4, -0.2) is 44.0 Å². The molecular formula is C11H21O7P. The lowest BCUT2D eigenvalue weighted by Crippen LogP contribution is -2.27. The van der Waals surface area contributed by atoms with Crippen LogP contribution in [-0.2, 0) is 32.7 Å².